The Hall–Kier alpha value is -2.52. The van der Waals surface area contributed by atoms with Crippen molar-refractivity contribution in [2.45, 2.75) is 32.9 Å². The standard InChI is InChI=1S/C22H22ClNO2/c1-22(2,3)26-21(25)12-9-17-5-4-6-20-19(17)13-14-24(20)15-16-7-10-18(23)11-8-16/h4-14H,15H2,1-3H3/b12-9+. The first kappa shape index (κ1) is 18.3. The molecule has 0 N–H and O–H groups in total. The molecule has 0 atom stereocenters. The van der Waals surface area contributed by atoms with E-state index in [0.717, 1.165) is 28.0 Å². The fourth-order valence-electron chi connectivity index (χ4n) is 2.81. The molecule has 0 amide bonds. The molecule has 0 aliphatic carbocycles. The molecule has 0 saturated heterocycles. The third-order valence-corrected chi connectivity index (χ3v) is 4.17. The second-order valence-corrected chi connectivity index (χ2v) is 7.65. The smallest absolute Gasteiger partial charge is 0.331 e. The summed E-state index contributed by atoms with van der Waals surface area (Å²) < 4.78 is 7.51. The van der Waals surface area contributed by atoms with Crippen LogP contribution in [0.5, 0.6) is 0 Å². The van der Waals surface area contributed by atoms with Gasteiger partial charge in [-0.3, -0.25) is 0 Å². The highest BCUT2D eigenvalue weighted by Gasteiger charge is 2.14. The Bertz CT molecular complexity index is 946. The SMILES string of the molecule is CC(C)(C)OC(=O)/C=C/c1cccc2c1ccn2Cc1ccc(Cl)cc1. The number of carbonyl (C=O) groups is 1. The van der Waals surface area contributed by atoms with Gasteiger partial charge in [-0.25, -0.2) is 4.79 Å². The van der Waals surface area contributed by atoms with Crippen molar-refractivity contribution in [2.75, 3.05) is 0 Å². The monoisotopic (exact) mass is 367 g/mol. The fourth-order valence-corrected chi connectivity index (χ4v) is 2.94. The van der Waals surface area contributed by atoms with E-state index in [4.69, 9.17) is 16.3 Å². The van der Waals surface area contributed by atoms with Gasteiger partial charge in [0.25, 0.3) is 0 Å². The topological polar surface area (TPSA) is 31.2 Å². The normalized spacial score (nSPS) is 12.0. The lowest BCUT2D eigenvalue weighted by Gasteiger charge is -2.17. The van der Waals surface area contributed by atoms with Crippen molar-refractivity contribution in [1.29, 1.82) is 0 Å². The number of rotatable bonds is 4. The maximum atomic E-state index is 11.9. The molecule has 3 nitrogen and oxygen atoms in total. The minimum Gasteiger partial charge on any atom is -0.457 e. The van der Waals surface area contributed by atoms with Gasteiger partial charge in [-0.05, 0) is 62.2 Å². The number of nitrogens with zero attached hydrogens (tertiary/aromatic N) is 1. The van der Waals surface area contributed by atoms with E-state index in [1.807, 2.05) is 63.2 Å². The van der Waals surface area contributed by atoms with Crippen molar-refractivity contribution in [3.05, 3.63) is 77.0 Å². The van der Waals surface area contributed by atoms with Crippen molar-refractivity contribution >= 4 is 34.5 Å². The molecule has 0 aliphatic rings. The van der Waals surface area contributed by atoms with Crippen LogP contribution in [-0.2, 0) is 16.1 Å². The van der Waals surface area contributed by atoms with Gasteiger partial charge in [0.2, 0.25) is 0 Å². The highest BCUT2D eigenvalue weighted by atomic mass is 35.5. The average molecular weight is 368 g/mol. The van der Waals surface area contributed by atoms with E-state index in [1.54, 1.807) is 0 Å². The number of aromatic nitrogens is 1. The van der Waals surface area contributed by atoms with Crippen LogP contribution in [0.2, 0.25) is 5.02 Å². The first-order valence-electron chi connectivity index (χ1n) is 8.55. The number of benzene rings is 2. The summed E-state index contributed by atoms with van der Waals surface area (Å²) in [7, 11) is 0. The van der Waals surface area contributed by atoms with Crippen LogP contribution < -0.4 is 0 Å². The van der Waals surface area contributed by atoms with Crippen LogP contribution in [-0.4, -0.2) is 16.1 Å². The van der Waals surface area contributed by atoms with Crippen LogP contribution in [0.15, 0.2) is 60.8 Å². The summed E-state index contributed by atoms with van der Waals surface area (Å²) in [4.78, 5) is 11.9. The number of halogens is 1. The Morgan fingerprint density at radius 3 is 2.54 bits per heavy atom. The zero-order valence-corrected chi connectivity index (χ0v) is 16.0. The molecule has 1 heterocycles. The van der Waals surface area contributed by atoms with Crippen LogP contribution in [0.4, 0.5) is 0 Å². The second-order valence-electron chi connectivity index (χ2n) is 7.22. The zero-order valence-electron chi connectivity index (χ0n) is 15.2. The van der Waals surface area contributed by atoms with Crippen molar-refractivity contribution in [3.63, 3.8) is 0 Å². The number of hydrogen-bond acceptors (Lipinski definition) is 2. The summed E-state index contributed by atoms with van der Waals surface area (Å²) in [5.41, 5.74) is 2.80. The van der Waals surface area contributed by atoms with Crippen molar-refractivity contribution in [3.8, 4) is 0 Å². The first-order chi connectivity index (χ1) is 12.3. The maximum Gasteiger partial charge on any atom is 0.331 e. The molecule has 3 aromatic rings. The number of carbonyl (C=O) groups excluding carboxylic acids is 1. The molecule has 4 heteroatoms. The second kappa shape index (κ2) is 7.38. The van der Waals surface area contributed by atoms with E-state index in [-0.39, 0.29) is 5.97 Å². The molecule has 3 rings (SSSR count). The van der Waals surface area contributed by atoms with E-state index >= 15 is 0 Å². The maximum absolute atomic E-state index is 11.9. The number of hydrogen-bond donors (Lipinski definition) is 0. The predicted octanol–water partition coefficient (Wildman–Crippen LogP) is 5.70. The van der Waals surface area contributed by atoms with Crippen LogP contribution in [0, 0.1) is 0 Å². The van der Waals surface area contributed by atoms with Gasteiger partial charge in [0, 0.05) is 34.7 Å². The molecule has 0 aliphatic heterocycles. The van der Waals surface area contributed by atoms with E-state index in [0.29, 0.717) is 0 Å². The summed E-state index contributed by atoms with van der Waals surface area (Å²) in [6.07, 6.45) is 5.35. The molecule has 0 bridgehead atoms. The summed E-state index contributed by atoms with van der Waals surface area (Å²) in [5, 5.41) is 1.84. The quantitative estimate of drug-likeness (QED) is 0.437. The Balaban J connectivity index is 1.84. The van der Waals surface area contributed by atoms with Crippen LogP contribution >= 0.6 is 11.6 Å². The summed E-state index contributed by atoms with van der Waals surface area (Å²) in [6.45, 7) is 6.34. The van der Waals surface area contributed by atoms with Gasteiger partial charge in [-0.2, -0.15) is 0 Å². The minimum absolute atomic E-state index is 0.338. The van der Waals surface area contributed by atoms with Gasteiger partial charge in [0.15, 0.2) is 0 Å². The molecular formula is C22H22ClNO2. The highest BCUT2D eigenvalue weighted by molar-refractivity contribution is 6.30. The predicted molar refractivity (Wildman–Crippen MR) is 107 cm³/mol. The largest absolute Gasteiger partial charge is 0.457 e. The fraction of sp³-hybridized carbons (Fsp3) is 0.227. The van der Waals surface area contributed by atoms with Crippen molar-refractivity contribution in [2.24, 2.45) is 0 Å². The highest BCUT2D eigenvalue weighted by Crippen LogP contribution is 2.23. The van der Waals surface area contributed by atoms with Gasteiger partial charge >= 0.3 is 5.97 Å². The number of ether oxygens (including phenoxy) is 1. The van der Waals surface area contributed by atoms with E-state index in [2.05, 4.69) is 22.9 Å². The average Bonchev–Trinajstić information content (AvgIpc) is 2.97. The molecule has 0 unspecified atom stereocenters. The molecule has 1 aromatic heterocycles. The summed E-state index contributed by atoms with van der Waals surface area (Å²) in [6, 6.07) is 16.0. The number of esters is 1. The van der Waals surface area contributed by atoms with Gasteiger partial charge < -0.3 is 9.30 Å². The summed E-state index contributed by atoms with van der Waals surface area (Å²) in [5.74, 6) is -0.338. The third-order valence-electron chi connectivity index (χ3n) is 3.92. The number of fused-ring (bicyclic) bond motifs is 1. The van der Waals surface area contributed by atoms with Crippen molar-refractivity contribution < 1.29 is 9.53 Å². The zero-order chi connectivity index (χ0) is 18.7. The molecule has 26 heavy (non-hydrogen) atoms. The van der Waals surface area contributed by atoms with E-state index in [9.17, 15) is 4.79 Å². The molecule has 134 valence electrons. The Labute approximate surface area is 158 Å². The lowest BCUT2D eigenvalue weighted by molar-refractivity contribution is -0.148. The van der Waals surface area contributed by atoms with Crippen LogP contribution in [0.3, 0.4) is 0 Å². The minimum atomic E-state index is -0.491. The molecule has 2 aromatic carbocycles. The third kappa shape index (κ3) is 4.55. The Morgan fingerprint density at radius 1 is 1.12 bits per heavy atom. The van der Waals surface area contributed by atoms with Gasteiger partial charge in [0.05, 0.1) is 0 Å². The van der Waals surface area contributed by atoms with Gasteiger partial charge in [-0.1, -0.05) is 35.9 Å². The molecule has 0 saturated carbocycles. The Kier molecular flexibility index (Phi) is 5.19. The molecule has 0 fully saturated rings. The Morgan fingerprint density at radius 2 is 1.85 bits per heavy atom. The van der Waals surface area contributed by atoms with Crippen LogP contribution in [0.1, 0.15) is 31.9 Å². The lowest BCUT2D eigenvalue weighted by atomic mass is 10.1. The molecular weight excluding hydrogens is 346 g/mol. The van der Waals surface area contributed by atoms with Crippen molar-refractivity contribution in [1.82, 2.24) is 4.57 Å². The summed E-state index contributed by atoms with van der Waals surface area (Å²) >= 11 is 5.96. The molecule has 0 radical (unpaired) electrons. The van der Waals surface area contributed by atoms with E-state index in [1.165, 1.54) is 11.6 Å². The van der Waals surface area contributed by atoms with Gasteiger partial charge in [-0.15, -0.1) is 0 Å². The van der Waals surface area contributed by atoms with Gasteiger partial charge in [0.1, 0.15) is 5.60 Å². The first-order valence-corrected chi connectivity index (χ1v) is 8.93. The van der Waals surface area contributed by atoms with Crippen LogP contribution in [0.25, 0.3) is 17.0 Å². The van der Waals surface area contributed by atoms with E-state index < -0.39 is 5.60 Å². The lowest BCUT2D eigenvalue weighted by Crippen LogP contribution is -2.22. The molecule has 0 spiro atoms.